The van der Waals surface area contributed by atoms with E-state index in [1.54, 1.807) is 24.3 Å². The molecule has 1 aliphatic rings. The van der Waals surface area contributed by atoms with Gasteiger partial charge in [-0.3, -0.25) is 9.59 Å². The van der Waals surface area contributed by atoms with Crippen molar-refractivity contribution in [2.45, 2.75) is 6.42 Å². The number of hydrogen-bond donors (Lipinski definition) is 4. The highest BCUT2D eigenvalue weighted by molar-refractivity contribution is 6.12. The lowest BCUT2D eigenvalue weighted by Crippen LogP contribution is -2.17. The molecule has 41 heavy (non-hydrogen) atoms. The van der Waals surface area contributed by atoms with E-state index < -0.39 is 23.8 Å². The van der Waals surface area contributed by atoms with Crippen LogP contribution in [0.3, 0.4) is 0 Å². The second-order valence-electron chi connectivity index (χ2n) is 9.25. The zero-order valence-corrected chi connectivity index (χ0v) is 21.3. The fourth-order valence-corrected chi connectivity index (χ4v) is 4.78. The smallest absolute Gasteiger partial charge is 0.336 e. The third-order valence-electron chi connectivity index (χ3n) is 6.72. The Morgan fingerprint density at radius 2 is 1.00 bits per heavy atom. The summed E-state index contributed by atoms with van der Waals surface area (Å²) in [5.41, 5.74) is 5.06. The minimum atomic E-state index is -1.24. The fourth-order valence-electron chi connectivity index (χ4n) is 4.78. The molecular weight excluding hydrogens is 520 g/mol. The van der Waals surface area contributed by atoms with Crippen molar-refractivity contribution in [3.63, 3.8) is 0 Å². The lowest BCUT2D eigenvalue weighted by molar-refractivity contribution is 0.0683. The van der Waals surface area contributed by atoms with Gasteiger partial charge in [0, 0.05) is 22.5 Å². The average molecular weight is 541 g/mol. The van der Waals surface area contributed by atoms with Crippen molar-refractivity contribution in [2.24, 2.45) is 0 Å². The van der Waals surface area contributed by atoms with Gasteiger partial charge in [0.25, 0.3) is 11.8 Å². The van der Waals surface area contributed by atoms with Crippen LogP contribution < -0.4 is 10.6 Å². The van der Waals surface area contributed by atoms with Crippen LogP contribution in [0.25, 0.3) is 11.1 Å². The van der Waals surface area contributed by atoms with E-state index in [0.717, 1.165) is 22.3 Å². The molecule has 198 valence electrons. The minimum absolute atomic E-state index is 0.0454. The third kappa shape index (κ3) is 5.14. The summed E-state index contributed by atoms with van der Waals surface area (Å²) >= 11 is 0. The molecule has 0 aromatic heterocycles. The lowest BCUT2D eigenvalue weighted by atomic mass is 10.0. The van der Waals surface area contributed by atoms with Crippen molar-refractivity contribution >= 4 is 35.1 Å². The summed E-state index contributed by atoms with van der Waals surface area (Å²) < 4.78 is 0. The molecule has 0 aliphatic heterocycles. The number of carboxylic acids is 2. The molecule has 0 heterocycles. The van der Waals surface area contributed by atoms with Gasteiger partial charge in [0.2, 0.25) is 0 Å². The molecule has 2 amide bonds. The molecule has 8 heteroatoms. The van der Waals surface area contributed by atoms with Crippen molar-refractivity contribution in [3.8, 4) is 35.8 Å². The monoisotopic (exact) mass is 540 g/mol. The van der Waals surface area contributed by atoms with Crippen molar-refractivity contribution < 1.29 is 29.4 Å². The van der Waals surface area contributed by atoms with Crippen molar-refractivity contribution in [1.82, 2.24) is 0 Å². The standard InChI is InChI=1S/C33H20N2O6/c1-3-18-5-9-26(32(38)39)28(13-18)30(36)34-22-7-11-24-20(16-22)15-21-17-23(8-12-25(21)24)35-31(37)29-14-19(4-2)6-10-27(29)33(40)41/h1-2,5-14,16-17H,15H2,(H,34,36)(H,35,37)(H,38,39)(H,40,41). The number of hydrogen-bond acceptors (Lipinski definition) is 4. The molecule has 0 bridgehead atoms. The maximum atomic E-state index is 13.0. The van der Waals surface area contributed by atoms with Crippen LogP contribution in [0.1, 0.15) is 63.7 Å². The third-order valence-corrected chi connectivity index (χ3v) is 6.72. The van der Waals surface area contributed by atoms with Crippen LogP contribution in [0.15, 0.2) is 72.8 Å². The highest BCUT2D eigenvalue weighted by atomic mass is 16.4. The Bertz CT molecular complexity index is 1750. The number of rotatable bonds is 6. The summed E-state index contributed by atoms with van der Waals surface area (Å²) in [5.74, 6) is 1.12. The minimum Gasteiger partial charge on any atom is -0.478 e. The molecule has 1 aliphatic carbocycles. The zero-order chi connectivity index (χ0) is 29.3. The maximum Gasteiger partial charge on any atom is 0.336 e. The number of carboxylic acid groups (broad SMARTS) is 2. The second-order valence-corrected chi connectivity index (χ2v) is 9.25. The zero-order valence-electron chi connectivity index (χ0n) is 21.3. The van der Waals surface area contributed by atoms with Gasteiger partial charge >= 0.3 is 11.9 Å². The first-order chi connectivity index (χ1) is 19.7. The van der Waals surface area contributed by atoms with E-state index in [9.17, 15) is 29.4 Å². The SMILES string of the molecule is C#Cc1ccc(C(=O)O)c(C(=O)Nc2ccc3c(c2)Cc2cc(NC(=O)c4cc(C#C)ccc4C(=O)O)ccc2-3)c1. The van der Waals surface area contributed by atoms with Crippen LogP contribution in [0.5, 0.6) is 0 Å². The summed E-state index contributed by atoms with van der Waals surface area (Å²) in [6, 6.07) is 19.0. The van der Waals surface area contributed by atoms with Gasteiger partial charge < -0.3 is 20.8 Å². The Morgan fingerprint density at radius 1 is 0.585 bits per heavy atom. The number of amides is 2. The topological polar surface area (TPSA) is 133 Å². The molecule has 0 saturated carbocycles. The highest BCUT2D eigenvalue weighted by Crippen LogP contribution is 2.39. The van der Waals surface area contributed by atoms with Gasteiger partial charge in [-0.25, -0.2) is 9.59 Å². The van der Waals surface area contributed by atoms with E-state index in [1.807, 2.05) is 12.1 Å². The van der Waals surface area contributed by atoms with Crippen LogP contribution in [0, 0.1) is 24.7 Å². The van der Waals surface area contributed by atoms with Crippen LogP contribution in [-0.4, -0.2) is 34.0 Å². The number of nitrogens with one attached hydrogen (secondary N) is 2. The van der Waals surface area contributed by atoms with E-state index in [4.69, 9.17) is 12.8 Å². The second kappa shape index (κ2) is 10.6. The molecule has 8 nitrogen and oxygen atoms in total. The fraction of sp³-hybridized carbons (Fsp3) is 0.0303. The number of terminal acetylenes is 2. The van der Waals surface area contributed by atoms with E-state index in [0.29, 0.717) is 28.9 Å². The summed E-state index contributed by atoms with van der Waals surface area (Å²) in [5, 5.41) is 24.5. The molecule has 4 aromatic carbocycles. The van der Waals surface area contributed by atoms with Crippen LogP contribution >= 0.6 is 0 Å². The first-order valence-electron chi connectivity index (χ1n) is 12.3. The highest BCUT2D eigenvalue weighted by Gasteiger charge is 2.22. The molecule has 4 aromatic rings. The van der Waals surface area contributed by atoms with Crippen molar-refractivity contribution in [3.05, 3.63) is 117 Å². The summed E-state index contributed by atoms with van der Waals surface area (Å²) in [6.45, 7) is 0. The maximum absolute atomic E-state index is 13.0. The van der Waals surface area contributed by atoms with Crippen LogP contribution in [-0.2, 0) is 6.42 Å². The van der Waals surface area contributed by atoms with E-state index in [1.165, 1.54) is 36.4 Å². The Hall–Kier alpha value is -6.12. The van der Waals surface area contributed by atoms with E-state index in [2.05, 4.69) is 22.5 Å². The van der Waals surface area contributed by atoms with Gasteiger partial charge in [0.15, 0.2) is 0 Å². The Morgan fingerprint density at radius 3 is 1.37 bits per heavy atom. The number of benzene rings is 4. The predicted molar refractivity (Wildman–Crippen MR) is 153 cm³/mol. The Kier molecular flexibility index (Phi) is 6.82. The quantitative estimate of drug-likeness (QED) is 0.221. The van der Waals surface area contributed by atoms with Gasteiger partial charge in [0.1, 0.15) is 0 Å². The van der Waals surface area contributed by atoms with Gasteiger partial charge in [-0.05, 0) is 89.3 Å². The van der Waals surface area contributed by atoms with Crippen molar-refractivity contribution in [2.75, 3.05) is 10.6 Å². The van der Waals surface area contributed by atoms with Gasteiger partial charge in [-0.2, -0.15) is 0 Å². The molecule has 0 saturated heterocycles. The summed E-state index contributed by atoms with van der Waals surface area (Å²) in [4.78, 5) is 49.2. The molecular formula is C33H20N2O6. The number of aromatic carboxylic acids is 2. The summed E-state index contributed by atoms with van der Waals surface area (Å²) in [7, 11) is 0. The number of anilines is 2. The van der Waals surface area contributed by atoms with E-state index >= 15 is 0 Å². The van der Waals surface area contributed by atoms with Gasteiger partial charge in [0.05, 0.1) is 22.3 Å². The summed E-state index contributed by atoms with van der Waals surface area (Å²) in [6.07, 6.45) is 11.3. The largest absolute Gasteiger partial charge is 0.478 e. The molecule has 0 atom stereocenters. The van der Waals surface area contributed by atoms with Gasteiger partial charge in [-0.1, -0.05) is 24.0 Å². The molecule has 0 fully saturated rings. The van der Waals surface area contributed by atoms with E-state index in [-0.39, 0.29) is 22.3 Å². The normalized spacial score (nSPS) is 10.9. The lowest BCUT2D eigenvalue weighted by Gasteiger charge is -2.10. The Balaban J connectivity index is 1.36. The first-order valence-corrected chi connectivity index (χ1v) is 12.3. The first kappa shape index (κ1) is 26.5. The van der Waals surface area contributed by atoms with Gasteiger partial charge in [-0.15, -0.1) is 12.8 Å². The number of carbonyl (C=O) groups is 4. The average Bonchev–Trinajstić information content (AvgIpc) is 3.33. The van der Waals surface area contributed by atoms with Crippen molar-refractivity contribution in [1.29, 1.82) is 0 Å². The predicted octanol–water partition coefficient (Wildman–Crippen LogP) is 5.12. The molecule has 5 rings (SSSR count). The molecule has 0 spiro atoms. The number of carbonyl (C=O) groups excluding carboxylic acids is 2. The Labute approximate surface area is 234 Å². The number of fused-ring (bicyclic) bond motifs is 3. The molecule has 4 N–H and O–H groups in total. The van der Waals surface area contributed by atoms with Crippen LogP contribution in [0.4, 0.5) is 11.4 Å². The molecule has 0 radical (unpaired) electrons. The van der Waals surface area contributed by atoms with Crippen LogP contribution in [0.2, 0.25) is 0 Å². The molecule has 0 unspecified atom stereocenters.